The molecular weight excluding hydrogens is 370 g/mol. The lowest BCUT2D eigenvalue weighted by molar-refractivity contribution is -0.118. The number of carbonyl (C=O) groups excluding carboxylic acids is 1. The van der Waals surface area contributed by atoms with E-state index in [0.717, 1.165) is 40.9 Å². The van der Waals surface area contributed by atoms with Crippen LogP contribution in [-0.2, 0) is 11.3 Å². The van der Waals surface area contributed by atoms with Crippen molar-refractivity contribution in [3.8, 4) is 0 Å². The molecule has 2 aromatic heterocycles. The van der Waals surface area contributed by atoms with Gasteiger partial charge in [0, 0.05) is 13.1 Å². The number of amides is 1. The fourth-order valence-corrected chi connectivity index (χ4v) is 3.93. The molecule has 4 rings (SSSR count). The average Bonchev–Trinajstić information content (AvgIpc) is 3.33. The molecule has 0 spiro atoms. The summed E-state index contributed by atoms with van der Waals surface area (Å²) in [5.41, 5.74) is 4.12. The quantitative estimate of drug-likeness (QED) is 0.445. The van der Waals surface area contributed by atoms with Gasteiger partial charge < -0.3 is 14.9 Å². The summed E-state index contributed by atoms with van der Waals surface area (Å²) in [5.74, 6) is 1.39. The Hall–Kier alpha value is -2.80. The van der Waals surface area contributed by atoms with E-state index in [1.165, 1.54) is 0 Å². The number of benzene rings is 2. The topological polar surface area (TPSA) is 75.6 Å². The SMILES string of the molecule is CC(SCC(=O)NCCCn1cnc2ccccc21)c1nc2ccccc2[nH]1. The van der Waals surface area contributed by atoms with E-state index in [1.54, 1.807) is 11.8 Å². The Kier molecular flexibility index (Phi) is 5.62. The van der Waals surface area contributed by atoms with Crippen LogP contribution in [0.25, 0.3) is 22.1 Å². The molecule has 28 heavy (non-hydrogen) atoms. The first-order valence-corrected chi connectivity index (χ1v) is 10.5. The van der Waals surface area contributed by atoms with E-state index in [2.05, 4.69) is 37.8 Å². The average molecular weight is 394 g/mol. The van der Waals surface area contributed by atoms with Crippen molar-refractivity contribution < 1.29 is 4.79 Å². The number of H-pyrrole nitrogens is 1. The third-order valence-corrected chi connectivity index (χ3v) is 5.83. The van der Waals surface area contributed by atoms with Crippen LogP contribution in [0.15, 0.2) is 54.9 Å². The number of thioether (sulfide) groups is 1. The van der Waals surface area contributed by atoms with Crippen LogP contribution in [0.4, 0.5) is 0 Å². The predicted molar refractivity (Wildman–Crippen MR) is 114 cm³/mol. The molecule has 2 heterocycles. The molecule has 0 aliphatic carbocycles. The molecule has 144 valence electrons. The highest BCUT2D eigenvalue weighted by Crippen LogP contribution is 2.27. The van der Waals surface area contributed by atoms with E-state index < -0.39 is 0 Å². The monoisotopic (exact) mass is 393 g/mol. The first-order chi connectivity index (χ1) is 13.7. The lowest BCUT2D eigenvalue weighted by atomic mass is 10.3. The molecule has 0 saturated carbocycles. The number of imidazole rings is 2. The van der Waals surface area contributed by atoms with Gasteiger partial charge in [-0.3, -0.25) is 4.79 Å². The zero-order valence-electron chi connectivity index (χ0n) is 15.8. The summed E-state index contributed by atoms with van der Waals surface area (Å²) in [5, 5.41) is 3.14. The Morgan fingerprint density at radius 2 is 1.96 bits per heavy atom. The van der Waals surface area contributed by atoms with Gasteiger partial charge in [-0.15, -0.1) is 11.8 Å². The third-order valence-electron chi connectivity index (χ3n) is 4.68. The van der Waals surface area contributed by atoms with Gasteiger partial charge in [0.1, 0.15) is 5.82 Å². The molecule has 0 saturated heterocycles. The van der Waals surface area contributed by atoms with Crippen LogP contribution in [0, 0.1) is 0 Å². The van der Waals surface area contributed by atoms with Gasteiger partial charge in [0.15, 0.2) is 0 Å². The second kappa shape index (κ2) is 8.48. The fourth-order valence-electron chi connectivity index (χ4n) is 3.16. The van der Waals surface area contributed by atoms with Gasteiger partial charge in [0.25, 0.3) is 0 Å². The zero-order valence-corrected chi connectivity index (χ0v) is 16.6. The highest BCUT2D eigenvalue weighted by Gasteiger charge is 2.13. The lowest BCUT2D eigenvalue weighted by Gasteiger charge is -2.09. The van der Waals surface area contributed by atoms with Crippen molar-refractivity contribution in [1.82, 2.24) is 24.8 Å². The maximum absolute atomic E-state index is 12.1. The third kappa shape index (κ3) is 4.20. The number of nitrogens with zero attached hydrogens (tertiary/aromatic N) is 3. The molecule has 0 radical (unpaired) electrons. The van der Waals surface area contributed by atoms with E-state index in [1.807, 2.05) is 48.8 Å². The molecular formula is C21H23N5OS. The number of nitrogens with one attached hydrogen (secondary N) is 2. The number of carbonyl (C=O) groups is 1. The van der Waals surface area contributed by atoms with Crippen LogP contribution in [0.1, 0.15) is 24.4 Å². The van der Waals surface area contributed by atoms with Gasteiger partial charge in [-0.05, 0) is 37.6 Å². The normalized spacial score (nSPS) is 12.5. The molecule has 1 atom stereocenters. The molecule has 6 nitrogen and oxygen atoms in total. The summed E-state index contributed by atoms with van der Waals surface area (Å²) in [6.07, 6.45) is 2.73. The molecule has 0 aliphatic rings. The Balaban J connectivity index is 1.20. The standard InChI is InChI=1S/C21H23N5OS/c1-15(21-24-16-7-2-3-8-17(16)25-21)28-13-20(27)22-11-6-12-26-14-23-18-9-4-5-10-19(18)26/h2-5,7-10,14-15H,6,11-13H2,1H3,(H,22,27)(H,24,25). The van der Waals surface area contributed by atoms with Crippen LogP contribution < -0.4 is 5.32 Å². The predicted octanol–water partition coefficient (Wildman–Crippen LogP) is 3.91. The maximum atomic E-state index is 12.1. The van der Waals surface area contributed by atoms with Crippen molar-refractivity contribution in [1.29, 1.82) is 0 Å². The van der Waals surface area contributed by atoms with Crippen LogP contribution in [0.3, 0.4) is 0 Å². The number of aromatic amines is 1. The number of rotatable bonds is 8. The highest BCUT2D eigenvalue weighted by molar-refractivity contribution is 8.00. The van der Waals surface area contributed by atoms with Crippen molar-refractivity contribution in [2.45, 2.75) is 25.1 Å². The van der Waals surface area contributed by atoms with Crippen molar-refractivity contribution in [3.05, 3.63) is 60.7 Å². The molecule has 0 fully saturated rings. The first-order valence-electron chi connectivity index (χ1n) is 9.43. The van der Waals surface area contributed by atoms with Gasteiger partial charge >= 0.3 is 0 Å². The van der Waals surface area contributed by atoms with Crippen molar-refractivity contribution >= 4 is 39.7 Å². The van der Waals surface area contributed by atoms with Crippen molar-refractivity contribution in [2.75, 3.05) is 12.3 Å². The van der Waals surface area contributed by atoms with Crippen molar-refractivity contribution in [3.63, 3.8) is 0 Å². The Labute approximate surface area is 167 Å². The van der Waals surface area contributed by atoms with E-state index in [9.17, 15) is 4.79 Å². The second-order valence-corrected chi connectivity index (χ2v) is 8.05. The smallest absolute Gasteiger partial charge is 0.230 e. The van der Waals surface area contributed by atoms with E-state index in [0.29, 0.717) is 12.3 Å². The van der Waals surface area contributed by atoms with Crippen LogP contribution in [0.2, 0.25) is 0 Å². The minimum absolute atomic E-state index is 0.0588. The number of fused-ring (bicyclic) bond motifs is 2. The first kappa shape index (κ1) is 18.6. The van der Waals surface area contributed by atoms with Gasteiger partial charge in [-0.2, -0.15) is 0 Å². The van der Waals surface area contributed by atoms with E-state index in [-0.39, 0.29) is 11.2 Å². The number of aryl methyl sites for hydroxylation is 1. The molecule has 0 bridgehead atoms. The minimum atomic E-state index is 0.0588. The van der Waals surface area contributed by atoms with E-state index in [4.69, 9.17) is 0 Å². The highest BCUT2D eigenvalue weighted by atomic mass is 32.2. The molecule has 1 amide bonds. The van der Waals surface area contributed by atoms with Gasteiger partial charge in [-0.25, -0.2) is 9.97 Å². The number of aromatic nitrogens is 4. The second-order valence-electron chi connectivity index (χ2n) is 6.72. The zero-order chi connectivity index (χ0) is 19.3. The van der Waals surface area contributed by atoms with E-state index >= 15 is 0 Å². The molecule has 2 N–H and O–H groups in total. The lowest BCUT2D eigenvalue weighted by Crippen LogP contribution is -2.27. The summed E-state index contributed by atoms with van der Waals surface area (Å²) < 4.78 is 2.12. The number of hydrogen-bond acceptors (Lipinski definition) is 4. The summed E-state index contributed by atoms with van der Waals surface area (Å²) in [7, 11) is 0. The number of hydrogen-bond donors (Lipinski definition) is 2. The Bertz CT molecular complexity index is 1050. The van der Waals surface area contributed by atoms with Crippen LogP contribution in [-0.4, -0.2) is 37.7 Å². The summed E-state index contributed by atoms with van der Waals surface area (Å²) in [6.45, 7) is 3.56. The summed E-state index contributed by atoms with van der Waals surface area (Å²) in [6, 6.07) is 16.0. The van der Waals surface area contributed by atoms with Gasteiger partial charge in [-0.1, -0.05) is 24.3 Å². The van der Waals surface area contributed by atoms with Gasteiger partial charge in [0.2, 0.25) is 5.91 Å². The number of para-hydroxylation sites is 4. The van der Waals surface area contributed by atoms with Crippen molar-refractivity contribution in [2.24, 2.45) is 0 Å². The Morgan fingerprint density at radius 1 is 1.18 bits per heavy atom. The molecule has 0 aliphatic heterocycles. The van der Waals surface area contributed by atoms with Crippen LogP contribution >= 0.6 is 11.8 Å². The minimum Gasteiger partial charge on any atom is -0.355 e. The summed E-state index contributed by atoms with van der Waals surface area (Å²) >= 11 is 1.59. The molecule has 4 aromatic rings. The van der Waals surface area contributed by atoms with Crippen LogP contribution in [0.5, 0.6) is 0 Å². The fraction of sp³-hybridized carbons (Fsp3) is 0.286. The molecule has 2 aromatic carbocycles. The summed E-state index contributed by atoms with van der Waals surface area (Å²) in [4.78, 5) is 24.5. The molecule has 7 heteroatoms. The Morgan fingerprint density at radius 3 is 2.82 bits per heavy atom. The largest absolute Gasteiger partial charge is 0.355 e. The maximum Gasteiger partial charge on any atom is 0.230 e. The molecule has 1 unspecified atom stereocenters. The van der Waals surface area contributed by atoms with Gasteiger partial charge in [0.05, 0.1) is 39.4 Å².